The maximum Gasteiger partial charge on any atom is 0.290 e. The van der Waals surface area contributed by atoms with Crippen LogP contribution < -0.4 is 0 Å². The molecule has 0 spiro atoms. The van der Waals surface area contributed by atoms with E-state index in [0.717, 1.165) is 29.6 Å². The Kier molecular flexibility index (Phi) is 4.08. The molecule has 3 heterocycles. The molecule has 0 aliphatic carbocycles. The summed E-state index contributed by atoms with van der Waals surface area (Å²) in [5.74, 6) is 0.109. The zero-order valence-corrected chi connectivity index (χ0v) is 13.0. The van der Waals surface area contributed by atoms with E-state index in [9.17, 15) is 4.79 Å². The molecule has 7 heteroatoms. The standard InChI is InChI=1S/C14H15N3OS.CH2O2/c1-16-7-10-6-9(16)8-17(10)14(18)13-11-4-2-3-5-12(11)19-15-13;2-1-3/h2-5,9-10H,6-8H2,1H3;1H,(H,2,3)/t9-,10-;/m0./s1. The molecule has 2 saturated heterocycles. The van der Waals surface area contributed by atoms with Crippen molar-refractivity contribution in [2.75, 3.05) is 20.1 Å². The first-order chi connectivity index (χ1) is 10.7. The zero-order valence-electron chi connectivity index (χ0n) is 12.2. The van der Waals surface area contributed by atoms with E-state index in [2.05, 4.69) is 16.3 Å². The van der Waals surface area contributed by atoms with Gasteiger partial charge in [0.15, 0.2) is 0 Å². The van der Waals surface area contributed by atoms with Gasteiger partial charge in [0.05, 0.1) is 4.70 Å². The summed E-state index contributed by atoms with van der Waals surface area (Å²) in [5, 5.41) is 7.88. The van der Waals surface area contributed by atoms with Crippen LogP contribution >= 0.6 is 11.5 Å². The first kappa shape index (κ1) is 14.9. The average Bonchev–Trinajstić information content (AvgIpc) is 3.20. The summed E-state index contributed by atoms with van der Waals surface area (Å²) in [4.78, 5) is 25.4. The summed E-state index contributed by atoms with van der Waals surface area (Å²) in [7, 11) is 2.14. The number of rotatable bonds is 1. The van der Waals surface area contributed by atoms with E-state index >= 15 is 0 Å². The summed E-state index contributed by atoms with van der Waals surface area (Å²) in [6.45, 7) is 1.60. The van der Waals surface area contributed by atoms with Crippen LogP contribution in [0.1, 0.15) is 16.9 Å². The highest BCUT2D eigenvalue weighted by atomic mass is 32.1. The maximum absolute atomic E-state index is 12.7. The van der Waals surface area contributed by atoms with Gasteiger partial charge in [-0.25, -0.2) is 0 Å². The fourth-order valence-corrected chi connectivity index (χ4v) is 4.06. The Morgan fingerprint density at radius 2 is 2.09 bits per heavy atom. The molecule has 4 rings (SSSR count). The van der Waals surface area contributed by atoms with Gasteiger partial charge in [-0.15, -0.1) is 0 Å². The van der Waals surface area contributed by atoms with Crippen LogP contribution in [0.5, 0.6) is 0 Å². The lowest BCUT2D eigenvalue weighted by molar-refractivity contribution is -0.122. The normalized spacial score (nSPS) is 23.4. The van der Waals surface area contributed by atoms with Crippen LogP contribution in [0.15, 0.2) is 24.3 Å². The Morgan fingerprint density at radius 1 is 1.36 bits per heavy atom. The van der Waals surface area contributed by atoms with E-state index < -0.39 is 0 Å². The summed E-state index contributed by atoms with van der Waals surface area (Å²) in [6, 6.07) is 8.89. The van der Waals surface area contributed by atoms with Crippen LogP contribution in [0.3, 0.4) is 0 Å². The molecule has 2 bridgehead atoms. The fraction of sp³-hybridized carbons (Fsp3) is 0.400. The van der Waals surface area contributed by atoms with E-state index in [1.165, 1.54) is 11.5 Å². The summed E-state index contributed by atoms with van der Waals surface area (Å²) in [5.41, 5.74) is 0.635. The van der Waals surface area contributed by atoms with Gasteiger partial charge in [0.2, 0.25) is 0 Å². The summed E-state index contributed by atoms with van der Waals surface area (Å²) < 4.78 is 5.47. The molecular formula is C15H17N3O3S. The largest absolute Gasteiger partial charge is 0.483 e. The topological polar surface area (TPSA) is 73.7 Å². The molecule has 1 amide bonds. The predicted molar refractivity (Wildman–Crippen MR) is 84.2 cm³/mol. The van der Waals surface area contributed by atoms with Crippen LogP contribution in [0.25, 0.3) is 10.1 Å². The molecule has 0 radical (unpaired) electrons. The third-order valence-corrected chi connectivity index (χ3v) is 5.18. The number of benzene rings is 1. The molecule has 0 unspecified atom stereocenters. The number of aromatic nitrogens is 1. The number of piperazine rings is 1. The van der Waals surface area contributed by atoms with Crippen molar-refractivity contribution in [1.29, 1.82) is 0 Å². The van der Waals surface area contributed by atoms with Crippen molar-refractivity contribution in [3.63, 3.8) is 0 Å². The number of carboxylic acid groups (broad SMARTS) is 1. The van der Waals surface area contributed by atoms with Crippen LogP contribution in [0, 0.1) is 0 Å². The second kappa shape index (κ2) is 6.02. The molecule has 1 N–H and O–H groups in total. The van der Waals surface area contributed by atoms with Gasteiger partial charge in [-0.2, -0.15) is 4.37 Å². The lowest BCUT2D eigenvalue weighted by Crippen LogP contribution is -2.47. The number of likely N-dealkylation sites (N-methyl/N-ethyl adjacent to an activating group) is 1. The van der Waals surface area contributed by atoms with Crippen molar-refractivity contribution < 1.29 is 14.7 Å². The number of likely N-dealkylation sites (tertiary alicyclic amines) is 2. The van der Waals surface area contributed by atoms with Crippen molar-refractivity contribution in [3.8, 4) is 0 Å². The Bertz CT molecular complexity index is 700. The fourth-order valence-electron chi connectivity index (χ4n) is 3.29. The van der Waals surface area contributed by atoms with E-state index in [-0.39, 0.29) is 12.4 Å². The SMILES string of the molecule is CN1C[C@@H]2C[C@H]1CN2C(=O)c1nsc2ccccc12.O=CO. The van der Waals surface area contributed by atoms with Gasteiger partial charge in [-0.3, -0.25) is 14.5 Å². The number of nitrogens with zero attached hydrogens (tertiary/aromatic N) is 3. The lowest BCUT2D eigenvalue weighted by Gasteiger charge is -2.31. The second-order valence-electron chi connectivity index (χ2n) is 5.57. The monoisotopic (exact) mass is 319 g/mol. The van der Waals surface area contributed by atoms with Gasteiger partial charge < -0.3 is 10.0 Å². The molecule has 0 saturated carbocycles. The maximum atomic E-state index is 12.7. The highest BCUT2D eigenvalue weighted by molar-refractivity contribution is 7.13. The number of hydrogen-bond donors (Lipinski definition) is 1. The van der Waals surface area contributed by atoms with Gasteiger partial charge in [-0.1, -0.05) is 18.2 Å². The second-order valence-corrected chi connectivity index (χ2v) is 6.38. The van der Waals surface area contributed by atoms with Crippen molar-refractivity contribution in [3.05, 3.63) is 30.0 Å². The quantitative estimate of drug-likeness (QED) is 0.807. The van der Waals surface area contributed by atoms with Gasteiger partial charge in [0.25, 0.3) is 12.4 Å². The Hall–Kier alpha value is -1.99. The van der Waals surface area contributed by atoms with E-state index in [0.29, 0.717) is 17.8 Å². The van der Waals surface area contributed by atoms with Crippen LogP contribution in [-0.4, -0.2) is 63.9 Å². The third kappa shape index (κ3) is 2.46. The smallest absolute Gasteiger partial charge is 0.290 e. The molecule has 2 aliphatic rings. The Morgan fingerprint density at radius 3 is 2.73 bits per heavy atom. The molecule has 2 aliphatic heterocycles. The molecule has 2 atom stereocenters. The minimum Gasteiger partial charge on any atom is -0.483 e. The number of amides is 1. The van der Waals surface area contributed by atoms with Gasteiger partial charge in [-0.05, 0) is 31.1 Å². The highest BCUT2D eigenvalue weighted by Crippen LogP contribution is 2.32. The van der Waals surface area contributed by atoms with E-state index in [1.807, 2.05) is 29.2 Å². The lowest BCUT2D eigenvalue weighted by atomic mass is 10.2. The molecular weight excluding hydrogens is 302 g/mol. The predicted octanol–water partition coefficient (Wildman–Crippen LogP) is 1.53. The Balaban J connectivity index is 0.000000446. The number of carbonyl (C=O) groups excluding carboxylic acids is 1. The van der Waals surface area contributed by atoms with Crippen LogP contribution in [0.2, 0.25) is 0 Å². The molecule has 1 aromatic carbocycles. The molecule has 116 valence electrons. The Labute approximate surface area is 132 Å². The average molecular weight is 319 g/mol. The zero-order chi connectivity index (χ0) is 15.7. The van der Waals surface area contributed by atoms with Gasteiger partial charge >= 0.3 is 0 Å². The summed E-state index contributed by atoms with van der Waals surface area (Å²) >= 11 is 1.41. The number of carbonyl (C=O) groups is 2. The van der Waals surface area contributed by atoms with Crippen molar-refractivity contribution >= 4 is 34.0 Å². The van der Waals surface area contributed by atoms with Crippen molar-refractivity contribution in [2.45, 2.75) is 18.5 Å². The molecule has 6 nitrogen and oxygen atoms in total. The van der Waals surface area contributed by atoms with Crippen molar-refractivity contribution in [1.82, 2.24) is 14.2 Å². The van der Waals surface area contributed by atoms with E-state index in [4.69, 9.17) is 9.90 Å². The van der Waals surface area contributed by atoms with Gasteiger partial charge in [0, 0.05) is 30.6 Å². The first-order valence-electron chi connectivity index (χ1n) is 7.09. The molecule has 2 fully saturated rings. The third-order valence-electron chi connectivity index (χ3n) is 4.36. The van der Waals surface area contributed by atoms with Crippen LogP contribution in [-0.2, 0) is 4.79 Å². The number of fused-ring (bicyclic) bond motifs is 3. The van der Waals surface area contributed by atoms with Crippen LogP contribution in [0.4, 0.5) is 0 Å². The van der Waals surface area contributed by atoms with E-state index in [1.54, 1.807) is 0 Å². The first-order valence-corrected chi connectivity index (χ1v) is 7.86. The van der Waals surface area contributed by atoms with Crippen molar-refractivity contribution in [2.24, 2.45) is 0 Å². The minimum atomic E-state index is -0.250. The highest BCUT2D eigenvalue weighted by Gasteiger charge is 2.44. The molecule has 1 aromatic heterocycles. The molecule has 2 aromatic rings. The molecule has 22 heavy (non-hydrogen) atoms. The number of hydrogen-bond acceptors (Lipinski definition) is 5. The summed E-state index contributed by atoms with van der Waals surface area (Å²) in [6.07, 6.45) is 1.12. The van der Waals surface area contributed by atoms with Gasteiger partial charge in [0.1, 0.15) is 5.69 Å². The minimum absolute atomic E-state index is 0.109.